The molecule has 0 saturated carbocycles. The van der Waals surface area contributed by atoms with Gasteiger partial charge in [0.1, 0.15) is 0 Å². The predicted octanol–water partition coefficient (Wildman–Crippen LogP) is 3.04. The van der Waals surface area contributed by atoms with E-state index in [1.165, 1.54) is 29.6 Å². The molecule has 0 aromatic rings. The second-order valence-corrected chi connectivity index (χ2v) is 4.24. The maximum Gasteiger partial charge on any atom is 0.0207 e. The molecular formula is C12H21N. The van der Waals surface area contributed by atoms with E-state index < -0.39 is 0 Å². The third-order valence-corrected chi connectivity index (χ3v) is 2.65. The van der Waals surface area contributed by atoms with Gasteiger partial charge in [0, 0.05) is 6.54 Å². The minimum absolute atomic E-state index is 1.06. The molecule has 1 aliphatic heterocycles. The van der Waals surface area contributed by atoms with Crippen molar-refractivity contribution in [3.63, 3.8) is 0 Å². The molecule has 0 aliphatic carbocycles. The largest absolute Gasteiger partial charge is 0.313 e. The number of hydrogen-bond donors (Lipinski definition) is 1. The van der Waals surface area contributed by atoms with Crippen molar-refractivity contribution in [1.82, 2.24) is 5.32 Å². The summed E-state index contributed by atoms with van der Waals surface area (Å²) in [7, 11) is 0. The van der Waals surface area contributed by atoms with Crippen LogP contribution < -0.4 is 5.32 Å². The normalized spacial score (nSPS) is 18.5. The van der Waals surface area contributed by atoms with Crippen LogP contribution in [0.5, 0.6) is 0 Å². The summed E-state index contributed by atoms with van der Waals surface area (Å²) < 4.78 is 0. The predicted molar refractivity (Wildman–Crippen MR) is 58.9 cm³/mol. The van der Waals surface area contributed by atoms with E-state index >= 15 is 0 Å². The second-order valence-electron chi connectivity index (χ2n) is 4.24. The minimum Gasteiger partial charge on any atom is -0.313 e. The lowest BCUT2D eigenvalue weighted by atomic mass is 9.95. The van der Waals surface area contributed by atoms with Gasteiger partial charge in [-0.2, -0.15) is 0 Å². The summed E-state index contributed by atoms with van der Waals surface area (Å²) in [5, 5.41) is 3.47. The summed E-state index contributed by atoms with van der Waals surface area (Å²) in [4.78, 5) is 0. The Morgan fingerprint density at radius 2 is 1.62 bits per heavy atom. The molecule has 1 nitrogen and oxygen atoms in total. The average Bonchev–Trinajstić information content (AvgIpc) is 2.27. The van der Waals surface area contributed by atoms with Crippen molar-refractivity contribution in [2.75, 3.05) is 13.1 Å². The van der Waals surface area contributed by atoms with Crippen LogP contribution in [-0.2, 0) is 0 Å². The van der Waals surface area contributed by atoms with Crippen LogP contribution in [0.3, 0.4) is 0 Å². The Hall–Kier alpha value is -0.560. The van der Waals surface area contributed by atoms with E-state index in [-0.39, 0.29) is 0 Å². The van der Waals surface area contributed by atoms with E-state index in [0.29, 0.717) is 0 Å². The van der Waals surface area contributed by atoms with Gasteiger partial charge in [-0.15, -0.1) is 0 Å². The van der Waals surface area contributed by atoms with Crippen LogP contribution in [0.2, 0.25) is 0 Å². The van der Waals surface area contributed by atoms with Crippen molar-refractivity contribution in [1.29, 1.82) is 0 Å². The summed E-state index contributed by atoms with van der Waals surface area (Å²) >= 11 is 0. The summed E-state index contributed by atoms with van der Waals surface area (Å²) in [6.07, 6.45) is 2.52. The van der Waals surface area contributed by atoms with Crippen LogP contribution in [0.4, 0.5) is 0 Å². The Balaban J connectivity index is 3.01. The molecule has 1 heterocycles. The Morgan fingerprint density at radius 3 is 2.15 bits per heavy atom. The Morgan fingerprint density at radius 1 is 1.00 bits per heavy atom. The van der Waals surface area contributed by atoms with Crippen LogP contribution in [-0.4, -0.2) is 13.1 Å². The summed E-state index contributed by atoms with van der Waals surface area (Å²) in [5.74, 6) is 0. The van der Waals surface area contributed by atoms with Gasteiger partial charge in [0.05, 0.1) is 0 Å². The summed E-state index contributed by atoms with van der Waals surface area (Å²) in [6, 6.07) is 0. The van der Waals surface area contributed by atoms with Crippen molar-refractivity contribution in [2.45, 2.75) is 40.5 Å². The molecular weight excluding hydrogens is 158 g/mol. The summed E-state index contributed by atoms with van der Waals surface area (Å²) in [5.41, 5.74) is 6.08. The standard InChI is InChI=1S/C12H21N/c1-9(2)11-6-5-7-13-8-12(11)10(3)4/h13H,5-8H2,1-4H3. The van der Waals surface area contributed by atoms with E-state index in [9.17, 15) is 0 Å². The van der Waals surface area contributed by atoms with Gasteiger partial charge in [-0.1, -0.05) is 11.1 Å². The van der Waals surface area contributed by atoms with E-state index in [0.717, 1.165) is 13.1 Å². The first kappa shape index (κ1) is 10.5. The zero-order valence-corrected chi connectivity index (χ0v) is 9.33. The SMILES string of the molecule is CC(C)=C1CCCNCC1=C(C)C. The molecule has 0 atom stereocenters. The van der Waals surface area contributed by atoms with Gasteiger partial charge in [-0.05, 0) is 58.2 Å². The highest BCUT2D eigenvalue weighted by Crippen LogP contribution is 2.24. The number of nitrogens with one attached hydrogen (secondary N) is 1. The van der Waals surface area contributed by atoms with Gasteiger partial charge >= 0.3 is 0 Å². The topological polar surface area (TPSA) is 12.0 Å². The molecule has 74 valence electrons. The molecule has 0 aromatic heterocycles. The molecule has 0 spiro atoms. The molecule has 1 fully saturated rings. The fourth-order valence-electron chi connectivity index (χ4n) is 1.89. The monoisotopic (exact) mass is 179 g/mol. The highest BCUT2D eigenvalue weighted by molar-refractivity contribution is 5.38. The molecule has 13 heavy (non-hydrogen) atoms. The van der Waals surface area contributed by atoms with Crippen LogP contribution in [0.1, 0.15) is 40.5 Å². The van der Waals surface area contributed by atoms with E-state index in [2.05, 4.69) is 33.0 Å². The van der Waals surface area contributed by atoms with Crippen molar-refractivity contribution in [3.8, 4) is 0 Å². The molecule has 0 unspecified atom stereocenters. The van der Waals surface area contributed by atoms with Gasteiger partial charge in [0.25, 0.3) is 0 Å². The molecule has 1 saturated heterocycles. The zero-order chi connectivity index (χ0) is 9.84. The second kappa shape index (κ2) is 4.61. The number of hydrogen-bond acceptors (Lipinski definition) is 1. The van der Waals surface area contributed by atoms with E-state index in [4.69, 9.17) is 0 Å². The highest BCUT2D eigenvalue weighted by Gasteiger charge is 2.11. The molecule has 1 N–H and O–H groups in total. The van der Waals surface area contributed by atoms with Gasteiger partial charge in [0.15, 0.2) is 0 Å². The molecule has 0 amide bonds. The maximum atomic E-state index is 3.47. The number of allylic oxidation sites excluding steroid dienone is 2. The van der Waals surface area contributed by atoms with E-state index in [1.807, 2.05) is 0 Å². The smallest absolute Gasteiger partial charge is 0.0207 e. The van der Waals surface area contributed by atoms with Crippen molar-refractivity contribution in [3.05, 3.63) is 22.3 Å². The average molecular weight is 179 g/mol. The molecule has 1 aliphatic rings. The molecule has 0 bridgehead atoms. The van der Waals surface area contributed by atoms with Crippen molar-refractivity contribution in [2.24, 2.45) is 0 Å². The first-order chi connectivity index (χ1) is 6.13. The third-order valence-electron chi connectivity index (χ3n) is 2.65. The molecule has 0 aromatic carbocycles. The molecule has 0 radical (unpaired) electrons. The zero-order valence-electron chi connectivity index (χ0n) is 9.33. The van der Waals surface area contributed by atoms with Gasteiger partial charge in [0.2, 0.25) is 0 Å². The van der Waals surface area contributed by atoms with Crippen LogP contribution >= 0.6 is 0 Å². The summed E-state index contributed by atoms with van der Waals surface area (Å²) in [6.45, 7) is 11.1. The Kier molecular flexibility index (Phi) is 3.73. The minimum atomic E-state index is 1.06. The lowest BCUT2D eigenvalue weighted by Gasteiger charge is -2.12. The van der Waals surface area contributed by atoms with E-state index in [1.54, 1.807) is 5.57 Å². The fourth-order valence-corrected chi connectivity index (χ4v) is 1.89. The maximum absolute atomic E-state index is 3.47. The van der Waals surface area contributed by atoms with Crippen LogP contribution in [0.15, 0.2) is 22.3 Å². The highest BCUT2D eigenvalue weighted by atomic mass is 14.9. The first-order valence-corrected chi connectivity index (χ1v) is 5.16. The third kappa shape index (κ3) is 2.70. The van der Waals surface area contributed by atoms with Gasteiger partial charge in [-0.3, -0.25) is 0 Å². The first-order valence-electron chi connectivity index (χ1n) is 5.16. The van der Waals surface area contributed by atoms with Crippen LogP contribution in [0.25, 0.3) is 0 Å². The molecule has 1 heteroatoms. The van der Waals surface area contributed by atoms with Gasteiger partial charge in [-0.25, -0.2) is 0 Å². The lowest BCUT2D eigenvalue weighted by molar-refractivity contribution is 0.721. The van der Waals surface area contributed by atoms with Crippen molar-refractivity contribution < 1.29 is 0 Å². The fraction of sp³-hybridized carbons (Fsp3) is 0.667. The number of rotatable bonds is 0. The Bertz CT molecular complexity index is 212. The lowest BCUT2D eigenvalue weighted by Crippen LogP contribution is -2.16. The van der Waals surface area contributed by atoms with Gasteiger partial charge < -0.3 is 5.32 Å². The van der Waals surface area contributed by atoms with Crippen LogP contribution in [0, 0.1) is 0 Å². The molecule has 1 rings (SSSR count). The van der Waals surface area contributed by atoms with Crippen molar-refractivity contribution >= 4 is 0 Å². The Labute approximate surface area is 81.9 Å². The quantitative estimate of drug-likeness (QED) is 0.602.